The average molecular weight is 366 g/mol. The van der Waals surface area contributed by atoms with Crippen LogP contribution >= 0.6 is 0 Å². The number of rotatable bonds is 6. The molecule has 1 amide bonds. The first-order valence-electron chi connectivity index (χ1n) is 8.99. The van der Waals surface area contributed by atoms with Crippen LogP contribution in [0, 0.1) is 13.8 Å². The molecule has 0 aliphatic carbocycles. The highest BCUT2D eigenvalue weighted by Crippen LogP contribution is 2.28. The lowest BCUT2D eigenvalue weighted by Gasteiger charge is -2.26. The number of aryl methyl sites for hydroxylation is 2. The van der Waals surface area contributed by atoms with Gasteiger partial charge in [0.1, 0.15) is 11.3 Å². The standard InChI is InChI=1S/C22H26N2O3/c1-14-10-11-16-15(2)21(27-20(16)12-14)22(25)23-13-18(24(3)4)17-8-6-7-9-19(17)26-5/h6-12,18H,13H2,1-5H3,(H,23,25)/t18-/m1/s1. The van der Waals surface area contributed by atoms with Gasteiger partial charge in [0.25, 0.3) is 5.91 Å². The average Bonchev–Trinajstić information content (AvgIpc) is 2.97. The number of nitrogens with one attached hydrogen (secondary N) is 1. The molecule has 5 nitrogen and oxygen atoms in total. The van der Waals surface area contributed by atoms with Crippen LogP contribution in [0.3, 0.4) is 0 Å². The Morgan fingerprint density at radius 1 is 1.19 bits per heavy atom. The lowest BCUT2D eigenvalue weighted by Crippen LogP contribution is -2.34. The van der Waals surface area contributed by atoms with Crippen molar-refractivity contribution in [2.75, 3.05) is 27.7 Å². The predicted octanol–water partition coefficient (Wildman–Crippen LogP) is 4.09. The summed E-state index contributed by atoms with van der Waals surface area (Å²) in [6.45, 7) is 4.37. The first-order valence-corrected chi connectivity index (χ1v) is 8.99. The third kappa shape index (κ3) is 3.83. The van der Waals surface area contributed by atoms with Crippen molar-refractivity contribution in [1.29, 1.82) is 0 Å². The van der Waals surface area contributed by atoms with Crippen LogP contribution in [0.1, 0.15) is 33.3 Å². The van der Waals surface area contributed by atoms with E-state index in [-0.39, 0.29) is 11.9 Å². The molecule has 0 bridgehead atoms. The number of hydrogen-bond donors (Lipinski definition) is 1. The van der Waals surface area contributed by atoms with Crippen molar-refractivity contribution in [3.8, 4) is 5.75 Å². The van der Waals surface area contributed by atoms with Gasteiger partial charge in [-0.3, -0.25) is 4.79 Å². The molecule has 0 saturated carbocycles. The maximum Gasteiger partial charge on any atom is 0.287 e. The van der Waals surface area contributed by atoms with E-state index < -0.39 is 0 Å². The Kier molecular flexibility index (Phi) is 5.51. The molecule has 1 heterocycles. The van der Waals surface area contributed by atoms with Gasteiger partial charge in [0.2, 0.25) is 0 Å². The molecule has 1 aromatic heterocycles. The molecule has 27 heavy (non-hydrogen) atoms. The topological polar surface area (TPSA) is 54.7 Å². The Labute approximate surface area is 159 Å². The van der Waals surface area contributed by atoms with E-state index in [1.165, 1.54) is 0 Å². The van der Waals surface area contributed by atoms with Crippen LogP contribution in [-0.2, 0) is 0 Å². The van der Waals surface area contributed by atoms with Crippen LogP contribution in [0.25, 0.3) is 11.0 Å². The Bertz CT molecular complexity index is 959. The van der Waals surface area contributed by atoms with Crippen LogP contribution in [0.2, 0.25) is 0 Å². The zero-order chi connectivity index (χ0) is 19.6. The lowest BCUT2D eigenvalue weighted by molar-refractivity contribution is 0.0915. The van der Waals surface area contributed by atoms with Crippen molar-refractivity contribution < 1.29 is 13.9 Å². The fraction of sp³-hybridized carbons (Fsp3) is 0.318. The maximum atomic E-state index is 12.8. The minimum Gasteiger partial charge on any atom is -0.496 e. The van der Waals surface area contributed by atoms with Gasteiger partial charge in [-0.25, -0.2) is 0 Å². The van der Waals surface area contributed by atoms with Gasteiger partial charge in [0.05, 0.1) is 13.2 Å². The number of likely N-dealkylation sites (N-methyl/N-ethyl adjacent to an activating group) is 1. The number of ether oxygens (including phenoxy) is 1. The quantitative estimate of drug-likeness (QED) is 0.714. The molecule has 142 valence electrons. The molecule has 0 spiro atoms. The molecule has 2 aromatic carbocycles. The summed E-state index contributed by atoms with van der Waals surface area (Å²) in [7, 11) is 5.63. The van der Waals surface area contributed by atoms with E-state index in [2.05, 4.69) is 10.2 Å². The van der Waals surface area contributed by atoms with E-state index in [1.807, 2.05) is 70.4 Å². The number of carbonyl (C=O) groups is 1. The molecular formula is C22H26N2O3. The van der Waals surface area contributed by atoms with Gasteiger partial charge in [0.15, 0.2) is 5.76 Å². The number of benzene rings is 2. The fourth-order valence-corrected chi connectivity index (χ4v) is 3.33. The smallest absolute Gasteiger partial charge is 0.287 e. The molecule has 1 N–H and O–H groups in total. The van der Waals surface area contributed by atoms with E-state index >= 15 is 0 Å². The van der Waals surface area contributed by atoms with E-state index in [0.717, 1.165) is 33.4 Å². The molecule has 0 aliphatic heterocycles. The Hall–Kier alpha value is -2.79. The minimum absolute atomic E-state index is 0.0166. The number of para-hydroxylation sites is 1. The highest BCUT2D eigenvalue weighted by molar-refractivity contribution is 5.99. The second-order valence-electron chi connectivity index (χ2n) is 6.99. The van der Waals surface area contributed by atoms with E-state index in [0.29, 0.717) is 12.3 Å². The van der Waals surface area contributed by atoms with E-state index in [1.54, 1.807) is 7.11 Å². The van der Waals surface area contributed by atoms with Gasteiger partial charge in [-0.2, -0.15) is 0 Å². The predicted molar refractivity (Wildman–Crippen MR) is 107 cm³/mol. The molecule has 0 radical (unpaired) electrons. The van der Waals surface area contributed by atoms with Crippen molar-refractivity contribution in [3.05, 3.63) is 64.9 Å². The molecule has 0 unspecified atom stereocenters. The zero-order valence-corrected chi connectivity index (χ0v) is 16.5. The summed E-state index contributed by atoms with van der Waals surface area (Å²) in [5.74, 6) is 0.970. The Balaban J connectivity index is 1.82. The fourth-order valence-electron chi connectivity index (χ4n) is 3.33. The Morgan fingerprint density at radius 3 is 2.63 bits per heavy atom. The van der Waals surface area contributed by atoms with Crippen molar-refractivity contribution in [1.82, 2.24) is 10.2 Å². The second-order valence-corrected chi connectivity index (χ2v) is 6.99. The summed E-state index contributed by atoms with van der Waals surface area (Å²) < 4.78 is 11.3. The molecule has 0 aliphatic rings. The monoisotopic (exact) mass is 366 g/mol. The summed E-state index contributed by atoms with van der Waals surface area (Å²) in [6.07, 6.45) is 0. The van der Waals surface area contributed by atoms with Crippen LogP contribution in [0.5, 0.6) is 5.75 Å². The first-order chi connectivity index (χ1) is 12.9. The Morgan fingerprint density at radius 2 is 1.93 bits per heavy atom. The molecule has 5 heteroatoms. The highest BCUT2D eigenvalue weighted by Gasteiger charge is 2.22. The summed E-state index contributed by atoms with van der Waals surface area (Å²) in [5.41, 5.74) is 3.74. The van der Waals surface area contributed by atoms with Crippen LogP contribution in [-0.4, -0.2) is 38.6 Å². The number of amides is 1. The second kappa shape index (κ2) is 7.84. The minimum atomic E-state index is -0.205. The van der Waals surface area contributed by atoms with Gasteiger partial charge in [-0.1, -0.05) is 30.3 Å². The highest BCUT2D eigenvalue weighted by atomic mass is 16.5. The van der Waals surface area contributed by atoms with Gasteiger partial charge in [-0.05, 0) is 45.6 Å². The number of nitrogens with zero attached hydrogens (tertiary/aromatic N) is 1. The number of hydrogen-bond acceptors (Lipinski definition) is 4. The summed E-state index contributed by atoms with van der Waals surface area (Å²) in [4.78, 5) is 14.8. The number of furan rings is 1. The largest absolute Gasteiger partial charge is 0.496 e. The van der Waals surface area contributed by atoms with Gasteiger partial charge in [-0.15, -0.1) is 0 Å². The molecular weight excluding hydrogens is 340 g/mol. The van der Waals surface area contributed by atoms with Crippen molar-refractivity contribution in [3.63, 3.8) is 0 Å². The number of carbonyl (C=O) groups excluding carboxylic acids is 1. The third-order valence-electron chi connectivity index (χ3n) is 4.88. The van der Waals surface area contributed by atoms with E-state index in [4.69, 9.17) is 9.15 Å². The van der Waals surface area contributed by atoms with E-state index in [9.17, 15) is 4.79 Å². The molecule has 0 fully saturated rings. The van der Waals surface area contributed by atoms with Crippen LogP contribution in [0.15, 0.2) is 46.9 Å². The number of fused-ring (bicyclic) bond motifs is 1. The third-order valence-corrected chi connectivity index (χ3v) is 4.88. The normalized spacial score (nSPS) is 12.4. The first kappa shape index (κ1) is 19.0. The maximum absolute atomic E-state index is 12.8. The van der Waals surface area contributed by atoms with Gasteiger partial charge >= 0.3 is 0 Å². The van der Waals surface area contributed by atoms with Gasteiger partial charge in [0, 0.05) is 23.1 Å². The van der Waals surface area contributed by atoms with Crippen molar-refractivity contribution >= 4 is 16.9 Å². The molecule has 3 aromatic rings. The van der Waals surface area contributed by atoms with Gasteiger partial charge < -0.3 is 19.4 Å². The summed E-state index contributed by atoms with van der Waals surface area (Å²) in [5, 5.41) is 3.99. The molecule has 3 rings (SSSR count). The summed E-state index contributed by atoms with van der Waals surface area (Å²) in [6, 6.07) is 13.8. The summed E-state index contributed by atoms with van der Waals surface area (Å²) >= 11 is 0. The van der Waals surface area contributed by atoms with Crippen LogP contribution in [0.4, 0.5) is 0 Å². The van der Waals surface area contributed by atoms with Crippen molar-refractivity contribution in [2.24, 2.45) is 0 Å². The SMILES string of the molecule is COc1ccccc1[C@@H](CNC(=O)c1oc2cc(C)ccc2c1C)N(C)C. The lowest BCUT2D eigenvalue weighted by atomic mass is 10.0. The molecule has 0 saturated heterocycles. The zero-order valence-electron chi connectivity index (χ0n) is 16.5. The van der Waals surface area contributed by atoms with Crippen molar-refractivity contribution in [2.45, 2.75) is 19.9 Å². The molecule has 1 atom stereocenters. The number of methoxy groups -OCH3 is 1. The van der Waals surface area contributed by atoms with Crippen LogP contribution < -0.4 is 10.1 Å².